The van der Waals surface area contributed by atoms with Gasteiger partial charge in [0.25, 0.3) is 0 Å². The highest BCUT2D eigenvalue weighted by Crippen LogP contribution is 2.34. The number of hydrogen-bond donors (Lipinski definition) is 1. The summed E-state index contributed by atoms with van der Waals surface area (Å²) in [6, 6.07) is 8.67. The van der Waals surface area contributed by atoms with Crippen LogP contribution >= 0.6 is 23.2 Å². The lowest BCUT2D eigenvalue weighted by molar-refractivity contribution is -0.140. The maximum Gasteiger partial charge on any atom is 0.244 e. The van der Waals surface area contributed by atoms with E-state index in [1.165, 1.54) is 25.2 Å². The van der Waals surface area contributed by atoms with Gasteiger partial charge < -0.3 is 19.7 Å². The van der Waals surface area contributed by atoms with Crippen LogP contribution in [0.5, 0.6) is 11.5 Å². The summed E-state index contributed by atoms with van der Waals surface area (Å²) in [6.07, 6.45) is 1.98. The van der Waals surface area contributed by atoms with Gasteiger partial charge in [0.2, 0.25) is 21.8 Å². The minimum absolute atomic E-state index is 0.0950. The predicted octanol–water partition coefficient (Wildman–Crippen LogP) is 4.11. The third-order valence-corrected chi connectivity index (χ3v) is 7.49. The molecule has 0 fully saturated rings. The van der Waals surface area contributed by atoms with Crippen LogP contribution in [-0.4, -0.2) is 64.7 Å². The van der Waals surface area contributed by atoms with Crippen molar-refractivity contribution in [1.82, 2.24) is 10.2 Å². The lowest BCUT2D eigenvalue weighted by atomic mass is 10.1. The molecule has 9 nitrogen and oxygen atoms in total. The van der Waals surface area contributed by atoms with Crippen molar-refractivity contribution < 1.29 is 27.5 Å². The van der Waals surface area contributed by atoms with Gasteiger partial charge in [0, 0.05) is 34.8 Å². The fourth-order valence-electron chi connectivity index (χ4n) is 3.73. The van der Waals surface area contributed by atoms with Crippen molar-refractivity contribution in [2.45, 2.75) is 39.3 Å². The number of nitrogens with zero attached hydrogens (tertiary/aromatic N) is 2. The zero-order valence-electron chi connectivity index (χ0n) is 21.6. The van der Waals surface area contributed by atoms with E-state index in [1.54, 1.807) is 37.3 Å². The molecule has 0 aliphatic rings. The van der Waals surface area contributed by atoms with E-state index in [2.05, 4.69) is 5.32 Å². The highest BCUT2D eigenvalue weighted by atomic mass is 35.5. The number of halogens is 2. The van der Waals surface area contributed by atoms with Gasteiger partial charge in [0.05, 0.1) is 26.2 Å². The zero-order valence-corrected chi connectivity index (χ0v) is 23.9. The van der Waals surface area contributed by atoms with Gasteiger partial charge in [0.1, 0.15) is 24.1 Å². The molecule has 0 heterocycles. The van der Waals surface area contributed by atoms with Crippen molar-refractivity contribution >= 4 is 50.7 Å². The highest BCUT2D eigenvalue weighted by molar-refractivity contribution is 7.92. The number of rotatable bonds is 13. The quantitative estimate of drug-likeness (QED) is 0.386. The number of hydrogen-bond acceptors (Lipinski definition) is 6. The van der Waals surface area contributed by atoms with Crippen LogP contribution < -0.4 is 19.1 Å². The Morgan fingerprint density at radius 2 is 1.70 bits per heavy atom. The van der Waals surface area contributed by atoms with Crippen LogP contribution in [0.25, 0.3) is 0 Å². The molecule has 0 saturated heterocycles. The predicted molar refractivity (Wildman–Crippen MR) is 146 cm³/mol. The van der Waals surface area contributed by atoms with Crippen LogP contribution in [-0.2, 0) is 26.2 Å². The summed E-state index contributed by atoms with van der Waals surface area (Å²) in [7, 11) is -1.13. The third-order valence-electron chi connectivity index (χ3n) is 5.66. The number of methoxy groups -OCH3 is 2. The van der Waals surface area contributed by atoms with Crippen LogP contribution in [0.15, 0.2) is 36.4 Å². The summed E-state index contributed by atoms with van der Waals surface area (Å²) in [5.74, 6) is -0.370. The van der Waals surface area contributed by atoms with Gasteiger partial charge in [0.15, 0.2) is 0 Å². The van der Waals surface area contributed by atoms with Crippen molar-refractivity contribution in [3.63, 3.8) is 0 Å². The van der Waals surface area contributed by atoms with Crippen LogP contribution in [0.1, 0.15) is 32.3 Å². The Balaban J connectivity index is 2.57. The second-order valence-corrected chi connectivity index (χ2v) is 11.0. The van der Waals surface area contributed by atoms with Crippen LogP contribution in [0, 0.1) is 0 Å². The summed E-state index contributed by atoms with van der Waals surface area (Å²) in [5, 5.41) is 3.46. The number of amides is 2. The van der Waals surface area contributed by atoms with Gasteiger partial charge in [-0.2, -0.15) is 0 Å². The van der Waals surface area contributed by atoms with E-state index in [9.17, 15) is 18.0 Å². The average molecular weight is 575 g/mol. The van der Waals surface area contributed by atoms with E-state index in [4.69, 9.17) is 32.7 Å². The first-order valence-electron chi connectivity index (χ1n) is 11.7. The molecule has 2 aromatic rings. The van der Waals surface area contributed by atoms with E-state index < -0.39 is 28.5 Å². The molecular formula is C25H33Cl2N3O6S. The van der Waals surface area contributed by atoms with Crippen LogP contribution in [0.4, 0.5) is 5.69 Å². The SMILES string of the molecule is CCCNC(=O)[C@H](CC)N(Cc1c(Cl)cccc1Cl)C(=O)CN(c1cc(OC)ccc1OC)S(C)(=O)=O. The number of carbonyl (C=O) groups excluding carboxylic acids is 2. The summed E-state index contributed by atoms with van der Waals surface area (Å²) in [5.41, 5.74) is 0.572. The van der Waals surface area contributed by atoms with Crippen LogP contribution in [0.3, 0.4) is 0 Å². The van der Waals surface area contributed by atoms with Gasteiger partial charge in [-0.15, -0.1) is 0 Å². The Morgan fingerprint density at radius 1 is 1.05 bits per heavy atom. The average Bonchev–Trinajstić information content (AvgIpc) is 2.86. The van der Waals surface area contributed by atoms with Gasteiger partial charge in [-0.3, -0.25) is 13.9 Å². The van der Waals surface area contributed by atoms with Crippen molar-refractivity contribution in [2.24, 2.45) is 0 Å². The molecule has 2 aromatic carbocycles. The van der Waals surface area contributed by atoms with E-state index in [0.717, 1.165) is 10.6 Å². The van der Waals surface area contributed by atoms with Crippen molar-refractivity contribution in [3.8, 4) is 11.5 Å². The largest absolute Gasteiger partial charge is 0.497 e. The Kier molecular flexibility index (Phi) is 11.3. The Labute approximate surface area is 228 Å². The molecule has 1 N–H and O–H groups in total. The zero-order chi connectivity index (χ0) is 27.8. The van der Waals surface area contributed by atoms with E-state index in [1.807, 2.05) is 6.92 Å². The van der Waals surface area contributed by atoms with Gasteiger partial charge in [-0.25, -0.2) is 8.42 Å². The minimum Gasteiger partial charge on any atom is -0.497 e. The molecule has 0 aromatic heterocycles. The Morgan fingerprint density at radius 3 is 2.22 bits per heavy atom. The lowest BCUT2D eigenvalue weighted by Gasteiger charge is -2.33. The summed E-state index contributed by atoms with van der Waals surface area (Å²) < 4.78 is 37.3. The number of ether oxygens (including phenoxy) is 2. The molecule has 0 unspecified atom stereocenters. The molecule has 0 aliphatic heterocycles. The third kappa shape index (κ3) is 7.90. The Bertz CT molecular complexity index is 1190. The maximum atomic E-state index is 13.8. The molecule has 204 valence electrons. The fraction of sp³-hybridized carbons (Fsp3) is 0.440. The maximum absolute atomic E-state index is 13.8. The van der Waals surface area contributed by atoms with Gasteiger partial charge >= 0.3 is 0 Å². The summed E-state index contributed by atoms with van der Waals surface area (Å²) >= 11 is 12.8. The second-order valence-electron chi connectivity index (χ2n) is 8.24. The van der Waals surface area contributed by atoms with E-state index in [-0.39, 0.29) is 30.3 Å². The smallest absolute Gasteiger partial charge is 0.244 e. The molecule has 1 atom stereocenters. The molecule has 2 rings (SSSR count). The first-order valence-corrected chi connectivity index (χ1v) is 14.3. The topological polar surface area (TPSA) is 105 Å². The van der Waals surface area contributed by atoms with Crippen LogP contribution in [0.2, 0.25) is 10.0 Å². The molecule has 0 radical (unpaired) electrons. The van der Waals surface area contributed by atoms with Gasteiger partial charge in [-0.05, 0) is 37.1 Å². The lowest BCUT2D eigenvalue weighted by Crippen LogP contribution is -2.52. The summed E-state index contributed by atoms with van der Waals surface area (Å²) in [4.78, 5) is 28.2. The molecule has 2 amide bonds. The van der Waals surface area contributed by atoms with E-state index >= 15 is 0 Å². The first kappa shape index (κ1) is 30.5. The second kappa shape index (κ2) is 13.7. The molecule has 0 bridgehead atoms. The number of nitrogens with one attached hydrogen (secondary N) is 1. The Hall–Kier alpha value is -2.69. The van der Waals surface area contributed by atoms with Gasteiger partial charge in [-0.1, -0.05) is 43.1 Å². The summed E-state index contributed by atoms with van der Waals surface area (Å²) in [6.45, 7) is 3.42. The van der Waals surface area contributed by atoms with Crippen molar-refractivity contribution in [2.75, 3.05) is 37.9 Å². The number of carbonyl (C=O) groups is 2. The number of benzene rings is 2. The van der Waals surface area contributed by atoms with Crippen molar-refractivity contribution in [3.05, 3.63) is 52.0 Å². The highest BCUT2D eigenvalue weighted by Gasteiger charge is 2.33. The standard InChI is InChI=1S/C25H33Cl2N3O6S/c1-6-13-28-25(32)21(7-2)29(15-18-19(26)9-8-10-20(18)27)24(31)16-30(37(5,33)34)22-14-17(35-3)11-12-23(22)36-4/h8-12,14,21H,6-7,13,15-16H2,1-5H3,(H,28,32)/t21-/m0/s1. The first-order chi connectivity index (χ1) is 17.5. The fourth-order valence-corrected chi connectivity index (χ4v) is 5.09. The molecule has 12 heteroatoms. The van der Waals surface area contributed by atoms with Crippen molar-refractivity contribution in [1.29, 1.82) is 0 Å². The normalized spacial score (nSPS) is 12.0. The van der Waals surface area contributed by atoms with E-state index in [0.29, 0.717) is 34.3 Å². The molecule has 0 aliphatic carbocycles. The molecule has 0 saturated carbocycles. The number of sulfonamides is 1. The monoisotopic (exact) mass is 573 g/mol. The minimum atomic E-state index is -3.96. The molecule has 37 heavy (non-hydrogen) atoms. The number of anilines is 1. The molecule has 0 spiro atoms. The molecular weight excluding hydrogens is 541 g/mol.